The predicted octanol–water partition coefficient (Wildman–Crippen LogP) is 4.09. The van der Waals surface area contributed by atoms with Crippen LogP contribution >= 0.6 is 38.9 Å². The maximum Gasteiger partial charge on any atom is 0.265 e. The van der Waals surface area contributed by atoms with E-state index in [1.807, 2.05) is 11.4 Å². The zero-order chi connectivity index (χ0) is 13.4. The van der Waals surface area contributed by atoms with Gasteiger partial charge >= 0.3 is 0 Å². The highest BCUT2D eigenvalue weighted by molar-refractivity contribution is 9.10. The van der Waals surface area contributed by atoms with Crippen LogP contribution in [0, 0.1) is 0 Å². The first-order valence-corrected chi connectivity index (χ1v) is 7.64. The molecule has 0 atom stereocenters. The van der Waals surface area contributed by atoms with Gasteiger partial charge in [0.05, 0.1) is 12.2 Å². The normalized spacial score (nSPS) is 14.2. The van der Waals surface area contributed by atoms with Gasteiger partial charge in [0.1, 0.15) is 5.75 Å². The quantitative estimate of drug-likeness (QED) is 0.809. The van der Waals surface area contributed by atoms with Gasteiger partial charge in [-0.3, -0.25) is 4.79 Å². The third-order valence-electron chi connectivity index (χ3n) is 2.80. The summed E-state index contributed by atoms with van der Waals surface area (Å²) in [5.41, 5.74) is 0.730. The van der Waals surface area contributed by atoms with Crippen LogP contribution in [0.4, 0.5) is 5.69 Å². The highest BCUT2D eigenvalue weighted by Crippen LogP contribution is 2.36. The van der Waals surface area contributed by atoms with Gasteiger partial charge in [-0.2, -0.15) is 0 Å². The van der Waals surface area contributed by atoms with Gasteiger partial charge in [-0.1, -0.05) is 11.6 Å². The average molecular weight is 359 g/mol. The van der Waals surface area contributed by atoms with Gasteiger partial charge in [0, 0.05) is 19.8 Å². The lowest BCUT2D eigenvalue weighted by Gasteiger charge is -2.29. The lowest BCUT2D eigenvalue weighted by molar-refractivity contribution is -0.121. The highest BCUT2D eigenvalue weighted by atomic mass is 79.9. The molecule has 3 nitrogen and oxygen atoms in total. The minimum absolute atomic E-state index is 0.0562. The van der Waals surface area contributed by atoms with Gasteiger partial charge in [0.25, 0.3) is 5.91 Å². The summed E-state index contributed by atoms with van der Waals surface area (Å²) < 4.78 is 6.44. The lowest BCUT2D eigenvalue weighted by Crippen LogP contribution is -2.38. The molecule has 1 aromatic heterocycles. The second-order valence-electron chi connectivity index (χ2n) is 4.11. The number of fused-ring (bicyclic) bond motifs is 1. The smallest absolute Gasteiger partial charge is 0.265 e. The molecule has 1 aromatic carbocycles. The molecule has 0 spiro atoms. The zero-order valence-corrected chi connectivity index (χ0v) is 12.9. The number of hydrogen-bond acceptors (Lipinski definition) is 3. The SMILES string of the molecule is O=C1COc2ccc(Cl)cc2N1Cc1cc(Br)cs1. The number of ether oxygens (including phenoxy) is 1. The van der Waals surface area contributed by atoms with Crippen LogP contribution in [-0.2, 0) is 11.3 Å². The summed E-state index contributed by atoms with van der Waals surface area (Å²) in [6.07, 6.45) is 0. The summed E-state index contributed by atoms with van der Waals surface area (Å²) in [4.78, 5) is 14.8. The maximum absolute atomic E-state index is 12.0. The molecule has 0 unspecified atom stereocenters. The number of carbonyl (C=O) groups excluding carboxylic acids is 1. The van der Waals surface area contributed by atoms with Gasteiger partial charge in [-0.15, -0.1) is 11.3 Å². The fourth-order valence-corrected chi connectivity index (χ4v) is 3.55. The molecule has 1 amide bonds. The molecule has 2 aromatic rings. The molecule has 6 heteroatoms. The van der Waals surface area contributed by atoms with E-state index < -0.39 is 0 Å². The van der Waals surface area contributed by atoms with Crippen LogP contribution < -0.4 is 9.64 Å². The summed E-state index contributed by atoms with van der Waals surface area (Å²) in [6.45, 7) is 0.604. The van der Waals surface area contributed by atoms with Crippen molar-refractivity contribution in [2.75, 3.05) is 11.5 Å². The van der Waals surface area contributed by atoms with E-state index in [0.717, 1.165) is 15.0 Å². The minimum Gasteiger partial charge on any atom is -0.482 e. The lowest BCUT2D eigenvalue weighted by atomic mass is 10.2. The van der Waals surface area contributed by atoms with E-state index in [9.17, 15) is 4.79 Å². The third kappa shape index (κ3) is 2.63. The molecule has 0 saturated heterocycles. The molecule has 0 radical (unpaired) electrons. The number of hydrogen-bond donors (Lipinski definition) is 0. The Labute approximate surface area is 127 Å². The molecule has 0 saturated carbocycles. The number of benzene rings is 1. The Balaban J connectivity index is 1.96. The second kappa shape index (κ2) is 5.15. The van der Waals surface area contributed by atoms with Crippen molar-refractivity contribution in [2.24, 2.45) is 0 Å². The van der Waals surface area contributed by atoms with Crippen LogP contribution in [0.25, 0.3) is 0 Å². The Kier molecular flexibility index (Phi) is 3.52. The number of amides is 1. The highest BCUT2D eigenvalue weighted by Gasteiger charge is 2.26. The van der Waals surface area contributed by atoms with Crippen molar-refractivity contribution in [1.29, 1.82) is 0 Å². The topological polar surface area (TPSA) is 29.5 Å². The molecule has 19 heavy (non-hydrogen) atoms. The van der Waals surface area contributed by atoms with Crippen LogP contribution in [0.2, 0.25) is 5.02 Å². The van der Waals surface area contributed by atoms with E-state index in [-0.39, 0.29) is 12.5 Å². The van der Waals surface area contributed by atoms with Crippen LogP contribution in [0.5, 0.6) is 5.75 Å². The number of carbonyl (C=O) groups is 1. The molecular formula is C13H9BrClNO2S. The van der Waals surface area contributed by atoms with Crippen molar-refractivity contribution in [3.63, 3.8) is 0 Å². The minimum atomic E-state index is -0.0562. The average Bonchev–Trinajstić information content (AvgIpc) is 2.79. The Morgan fingerprint density at radius 3 is 3.00 bits per heavy atom. The largest absolute Gasteiger partial charge is 0.482 e. The van der Waals surface area contributed by atoms with E-state index in [2.05, 4.69) is 15.9 Å². The first-order chi connectivity index (χ1) is 9.13. The summed E-state index contributed by atoms with van der Waals surface area (Å²) in [6, 6.07) is 7.33. The number of rotatable bonds is 2. The first-order valence-electron chi connectivity index (χ1n) is 5.59. The Morgan fingerprint density at radius 1 is 1.42 bits per heavy atom. The summed E-state index contributed by atoms with van der Waals surface area (Å²) >= 11 is 11.0. The van der Waals surface area contributed by atoms with E-state index in [0.29, 0.717) is 17.3 Å². The fourth-order valence-electron chi connectivity index (χ4n) is 1.94. The van der Waals surface area contributed by atoms with Gasteiger partial charge in [0.2, 0.25) is 0 Å². The number of anilines is 1. The molecule has 98 valence electrons. The first kappa shape index (κ1) is 13.0. The van der Waals surface area contributed by atoms with Crippen molar-refractivity contribution in [3.05, 3.63) is 44.0 Å². The van der Waals surface area contributed by atoms with E-state index in [4.69, 9.17) is 16.3 Å². The molecule has 1 aliphatic heterocycles. The van der Waals surface area contributed by atoms with Crippen LogP contribution in [-0.4, -0.2) is 12.5 Å². The summed E-state index contributed by atoms with van der Waals surface area (Å²) in [5, 5.41) is 2.59. The van der Waals surface area contributed by atoms with Crippen molar-refractivity contribution in [2.45, 2.75) is 6.54 Å². The Morgan fingerprint density at radius 2 is 2.26 bits per heavy atom. The van der Waals surface area contributed by atoms with E-state index in [1.165, 1.54) is 0 Å². The van der Waals surface area contributed by atoms with Crippen LogP contribution in [0.1, 0.15) is 4.88 Å². The number of thiophene rings is 1. The van der Waals surface area contributed by atoms with Gasteiger partial charge < -0.3 is 9.64 Å². The Hall–Kier alpha value is -1.04. The van der Waals surface area contributed by atoms with Crippen LogP contribution in [0.3, 0.4) is 0 Å². The number of nitrogens with zero attached hydrogens (tertiary/aromatic N) is 1. The summed E-state index contributed by atoms with van der Waals surface area (Å²) in [5.74, 6) is 0.638. The number of halogens is 2. The molecule has 1 aliphatic rings. The fraction of sp³-hybridized carbons (Fsp3) is 0.154. The maximum atomic E-state index is 12.0. The molecule has 3 rings (SSSR count). The molecule has 0 bridgehead atoms. The van der Waals surface area contributed by atoms with Gasteiger partial charge in [0.15, 0.2) is 6.61 Å². The van der Waals surface area contributed by atoms with Gasteiger partial charge in [-0.05, 0) is 40.2 Å². The van der Waals surface area contributed by atoms with Crippen molar-refractivity contribution in [1.82, 2.24) is 0 Å². The predicted molar refractivity (Wildman–Crippen MR) is 80.2 cm³/mol. The molecular weight excluding hydrogens is 350 g/mol. The van der Waals surface area contributed by atoms with Crippen molar-refractivity contribution in [3.8, 4) is 5.75 Å². The third-order valence-corrected chi connectivity index (χ3v) is 4.72. The van der Waals surface area contributed by atoms with Crippen molar-refractivity contribution >= 4 is 50.5 Å². The standard InChI is InChI=1S/C13H9BrClNO2S/c14-8-3-10(19-7-8)5-16-11-4-9(15)1-2-12(11)18-6-13(16)17/h1-4,7H,5-6H2. The van der Waals surface area contributed by atoms with Gasteiger partial charge in [-0.25, -0.2) is 0 Å². The Bertz CT molecular complexity index is 643. The second-order valence-corrected chi connectivity index (χ2v) is 6.46. The van der Waals surface area contributed by atoms with Crippen molar-refractivity contribution < 1.29 is 9.53 Å². The van der Waals surface area contributed by atoms with E-state index >= 15 is 0 Å². The molecule has 0 N–H and O–H groups in total. The van der Waals surface area contributed by atoms with Crippen LogP contribution in [0.15, 0.2) is 34.1 Å². The molecule has 0 aliphatic carbocycles. The molecule has 0 fully saturated rings. The monoisotopic (exact) mass is 357 g/mol. The molecule has 2 heterocycles. The zero-order valence-electron chi connectivity index (χ0n) is 9.73. The van der Waals surface area contributed by atoms with E-state index in [1.54, 1.807) is 34.4 Å². The summed E-state index contributed by atoms with van der Waals surface area (Å²) in [7, 11) is 0.